The Balaban J connectivity index is 1.43. The normalized spacial score (nSPS) is 21.5. The molecule has 20 heteroatoms. The number of oxime groups is 1. The fourth-order valence-corrected chi connectivity index (χ4v) is 7.31. The molecule has 2 aliphatic heterocycles. The van der Waals surface area contributed by atoms with E-state index in [1.807, 2.05) is 0 Å². The maximum atomic E-state index is 13.2. The number of nitrogens with one attached hydrogen (secondary N) is 2. The van der Waals surface area contributed by atoms with Gasteiger partial charge < -0.3 is 30.2 Å². The second-order valence-electron chi connectivity index (χ2n) is 8.74. The van der Waals surface area contributed by atoms with Gasteiger partial charge in [-0.2, -0.15) is 0 Å². The highest BCUT2D eigenvalue weighted by atomic mass is 32.2. The highest BCUT2D eigenvalue weighted by Gasteiger charge is 2.57. The number of carboxylic acid groups (broad SMARTS) is 1. The van der Waals surface area contributed by atoms with Crippen molar-refractivity contribution in [2.24, 2.45) is 10.6 Å². The molecule has 224 valence electrons. The molecule has 3 atom stereocenters. The third kappa shape index (κ3) is 6.71. The fraction of sp³-hybridized carbons (Fsp3) is 0.455. The molecule has 0 saturated carbocycles. The predicted molar refractivity (Wildman–Crippen MR) is 150 cm³/mol. The van der Waals surface area contributed by atoms with E-state index in [0.29, 0.717) is 18.1 Å². The number of carbonyl (C=O) groups is 5. The molecule has 2 aromatic heterocycles. The lowest BCUT2D eigenvalue weighted by atomic mass is 9.89. The van der Waals surface area contributed by atoms with Crippen LogP contribution < -0.4 is 10.6 Å². The van der Waals surface area contributed by atoms with Crippen molar-refractivity contribution in [3.05, 3.63) is 23.7 Å². The summed E-state index contributed by atoms with van der Waals surface area (Å²) < 4.78 is 6.26. The third-order valence-corrected chi connectivity index (χ3v) is 9.56. The van der Waals surface area contributed by atoms with E-state index < -0.39 is 47.2 Å². The number of fused-ring (bicyclic) bond motifs is 1. The van der Waals surface area contributed by atoms with Crippen LogP contribution in [0.5, 0.6) is 0 Å². The van der Waals surface area contributed by atoms with Crippen molar-refractivity contribution in [1.82, 2.24) is 35.4 Å². The van der Waals surface area contributed by atoms with Crippen LogP contribution in [0.4, 0.5) is 5.13 Å². The second kappa shape index (κ2) is 13.7. The van der Waals surface area contributed by atoms with Crippen LogP contribution in [0.15, 0.2) is 28.3 Å². The van der Waals surface area contributed by atoms with Gasteiger partial charge in [-0.1, -0.05) is 23.0 Å². The Morgan fingerprint density at radius 2 is 2.21 bits per heavy atom. The Morgan fingerprint density at radius 3 is 2.93 bits per heavy atom. The van der Waals surface area contributed by atoms with Crippen molar-refractivity contribution in [3.8, 4) is 0 Å². The fourth-order valence-electron chi connectivity index (χ4n) is 3.91. The standard InChI is InChI=1S/C22H25N9O8S3/c1-3-5-31-21(26-28-29-31)42-10-22(19(36)37)8-30-17(35)15(18(30)41-9-22)25-16(34)14(27-39-6-13(33)38-4-2)12-7-40-20(24-12)23-11-32/h3,7,11,15,18H,1,4-6,8-10H2,2H3,(H,25,34)(H,36,37)(H,23,24,32)/t15?,18-,22?/m1/s1. The number of ether oxygens (including phenoxy) is 1. The summed E-state index contributed by atoms with van der Waals surface area (Å²) in [6, 6.07) is -0.969. The van der Waals surface area contributed by atoms with Gasteiger partial charge in [-0.3, -0.25) is 19.2 Å². The second-order valence-corrected chi connectivity index (χ2v) is 11.6. The summed E-state index contributed by atoms with van der Waals surface area (Å²) in [5.41, 5.74) is -1.58. The van der Waals surface area contributed by atoms with Crippen molar-refractivity contribution in [2.45, 2.75) is 30.0 Å². The van der Waals surface area contributed by atoms with Crippen LogP contribution in [0.25, 0.3) is 0 Å². The summed E-state index contributed by atoms with van der Waals surface area (Å²) in [6.45, 7) is 5.10. The minimum Gasteiger partial charge on any atom is -0.481 e. The third-order valence-electron chi connectivity index (χ3n) is 5.95. The predicted octanol–water partition coefficient (Wildman–Crippen LogP) is -0.569. The first-order valence-corrected chi connectivity index (χ1v) is 15.1. The number of rotatable bonds is 15. The van der Waals surface area contributed by atoms with Crippen LogP contribution in [0, 0.1) is 5.41 Å². The average Bonchev–Trinajstić information content (AvgIpc) is 3.62. The first-order chi connectivity index (χ1) is 20.2. The van der Waals surface area contributed by atoms with Crippen LogP contribution in [-0.2, 0) is 40.1 Å². The lowest BCUT2D eigenvalue weighted by molar-refractivity contribution is -0.157. The Bertz CT molecular complexity index is 1400. The molecule has 0 aromatic carbocycles. The van der Waals surface area contributed by atoms with Crippen LogP contribution >= 0.6 is 34.9 Å². The van der Waals surface area contributed by atoms with Gasteiger partial charge in [-0.15, -0.1) is 34.8 Å². The topological polar surface area (TPSA) is 220 Å². The number of thioether (sulfide) groups is 2. The molecule has 0 spiro atoms. The SMILES string of the molecule is C=CCn1nnnc1SCC1(C(=O)O)CS[C@@H]2C(NC(=O)C(=NOCC(=O)OCC)c3csc(NC=O)n3)C(=O)N2C1. The molecule has 3 amide bonds. The number of hydrogen-bond acceptors (Lipinski definition) is 15. The van der Waals surface area contributed by atoms with E-state index in [0.717, 1.165) is 11.3 Å². The van der Waals surface area contributed by atoms with Crippen molar-refractivity contribution >= 4 is 75.9 Å². The zero-order chi connectivity index (χ0) is 30.3. The molecule has 0 radical (unpaired) electrons. The molecular weight excluding hydrogens is 614 g/mol. The van der Waals surface area contributed by atoms with Crippen molar-refractivity contribution in [3.63, 3.8) is 0 Å². The van der Waals surface area contributed by atoms with Gasteiger partial charge in [0.25, 0.3) is 5.91 Å². The van der Waals surface area contributed by atoms with Gasteiger partial charge in [0.15, 0.2) is 10.8 Å². The van der Waals surface area contributed by atoms with Gasteiger partial charge in [0, 0.05) is 23.4 Å². The Hall–Kier alpha value is -4.04. The van der Waals surface area contributed by atoms with Gasteiger partial charge in [-0.25, -0.2) is 14.5 Å². The van der Waals surface area contributed by atoms with Gasteiger partial charge in [0.2, 0.25) is 24.1 Å². The number of carboxylic acids is 1. The molecule has 2 aliphatic rings. The molecule has 2 aromatic rings. The molecule has 0 aliphatic carbocycles. The maximum Gasteiger partial charge on any atom is 0.347 e. The van der Waals surface area contributed by atoms with E-state index in [1.54, 1.807) is 13.0 Å². The van der Waals surface area contributed by atoms with E-state index in [9.17, 15) is 29.1 Å². The number of aromatic nitrogens is 5. The van der Waals surface area contributed by atoms with Crippen LogP contribution in [-0.4, -0.2) is 114 Å². The summed E-state index contributed by atoms with van der Waals surface area (Å²) in [5, 5.41) is 31.7. The molecule has 0 bridgehead atoms. The number of amides is 3. The van der Waals surface area contributed by atoms with Gasteiger partial charge in [-0.05, 0) is 17.4 Å². The van der Waals surface area contributed by atoms with Gasteiger partial charge in [0.1, 0.15) is 22.5 Å². The molecule has 4 heterocycles. The largest absolute Gasteiger partial charge is 0.481 e. The van der Waals surface area contributed by atoms with Crippen molar-refractivity contribution < 1.29 is 38.7 Å². The molecule has 42 heavy (non-hydrogen) atoms. The smallest absolute Gasteiger partial charge is 0.347 e. The Labute approximate surface area is 250 Å². The lowest BCUT2D eigenvalue weighted by Gasteiger charge is -2.53. The first kappa shape index (κ1) is 30.9. The van der Waals surface area contributed by atoms with Crippen molar-refractivity contribution in [2.75, 3.05) is 36.6 Å². The Morgan fingerprint density at radius 1 is 1.40 bits per heavy atom. The van der Waals surface area contributed by atoms with E-state index in [1.165, 1.54) is 38.5 Å². The number of nitrogens with zero attached hydrogens (tertiary/aromatic N) is 7. The zero-order valence-electron chi connectivity index (χ0n) is 22.0. The Kier molecular flexibility index (Phi) is 10.1. The van der Waals surface area contributed by atoms with Gasteiger partial charge >= 0.3 is 11.9 Å². The minimum absolute atomic E-state index is 0.0337. The van der Waals surface area contributed by atoms with E-state index in [4.69, 9.17) is 9.57 Å². The number of carbonyl (C=O) groups excluding carboxylic acids is 4. The van der Waals surface area contributed by atoms with Crippen LogP contribution in [0.2, 0.25) is 0 Å². The number of aliphatic carboxylic acids is 1. The summed E-state index contributed by atoms with van der Waals surface area (Å²) in [6.07, 6.45) is 2.03. The average molecular weight is 640 g/mol. The minimum atomic E-state index is -1.28. The quantitative estimate of drug-likeness (QED) is 0.0423. The van der Waals surface area contributed by atoms with E-state index in [-0.39, 0.29) is 41.2 Å². The zero-order valence-corrected chi connectivity index (χ0v) is 24.4. The summed E-state index contributed by atoms with van der Waals surface area (Å²) >= 11 is 3.41. The summed E-state index contributed by atoms with van der Waals surface area (Å²) in [7, 11) is 0. The van der Waals surface area contributed by atoms with Crippen molar-refractivity contribution in [1.29, 1.82) is 0 Å². The van der Waals surface area contributed by atoms with Crippen LogP contribution in [0.1, 0.15) is 12.6 Å². The number of hydrogen-bond donors (Lipinski definition) is 3. The highest BCUT2D eigenvalue weighted by Crippen LogP contribution is 2.44. The van der Waals surface area contributed by atoms with E-state index >= 15 is 0 Å². The highest BCUT2D eigenvalue weighted by molar-refractivity contribution is 8.00. The molecule has 17 nitrogen and oxygen atoms in total. The van der Waals surface area contributed by atoms with Gasteiger partial charge in [0.05, 0.1) is 13.2 Å². The number of thiazole rings is 1. The molecule has 2 saturated heterocycles. The van der Waals surface area contributed by atoms with Crippen LogP contribution in [0.3, 0.4) is 0 Å². The summed E-state index contributed by atoms with van der Waals surface area (Å²) in [4.78, 5) is 71.6. The molecular formula is C22H25N9O8S3. The molecule has 4 rings (SSSR count). The molecule has 2 fully saturated rings. The van der Waals surface area contributed by atoms with E-state index in [2.05, 4.69) is 42.9 Å². The summed E-state index contributed by atoms with van der Waals surface area (Å²) in [5.74, 6) is -2.80. The molecule has 3 N–H and O–H groups in total. The monoisotopic (exact) mass is 639 g/mol. The number of allylic oxidation sites excluding steroid dienone is 1. The lowest BCUT2D eigenvalue weighted by Crippen LogP contribution is -2.74. The number of tetrazole rings is 1. The number of esters is 1. The number of β-lactam (4-membered cyclic amide) rings is 1. The first-order valence-electron chi connectivity index (χ1n) is 12.2. The maximum absolute atomic E-state index is 13.2. The number of anilines is 1. The molecule has 2 unspecified atom stereocenters.